The normalized spacial score (nSPS) is 15.8. The molecule has 0 unspecified atom stereocenters. The predicted octanol–water partition coefficient (Wildman–Crippen LogP) is 3.07. The van der Waals surface area contributed by atoms with E-state index in [1.807, 2.05) is 30.3 Å². The Hall–Kier alpha value is -1.55. The van der Waals surface area contributed by atoms with Gasteiger partial charge in [-0.1, -0.05) is 24.6 Å². The Kier molecular flexibility index (Phi) is 6.38. The van der Waals surface area contributed by atoms with Gasteiger partial charge in [0.2, 0.25) is 0 Å². The highest BCUT2D eigenvalue weighted by atomic mass is 16.2. The van der Waals surface area contributed by atoms with Crippen LogP contribution in [-0.2, 0) is 0 Å². The van der Waals surface area contributed by atoms with Gasteiger partial charge < -0.3 is 15.5 Å². The van der Waals surface area contributed by atoms with Gasteiger partial charge in [0.1, 0.15) is 0 Å². The first kappa shape index (κ1) is 14.9. The lowest BCUT2D eigenvalue weighted by Gasteiger charge is -2.26. The van der Waals surface area contributed by atoms with E-state index in [4.69, 9.17) is 0 Å². The third kappa shape index (κ3) is 5.61. The van der Waals surface area contributed by atoms with E-state index >= 15 is 0 Å². The van der Waals surface area contributed by atoms with E-state index in [1.54, 1.807) is 0 Å². The number of nitrogens with zero attached hydrogens (tertiary/aromatic N) is 1. The minimum Gasteiger partial charge on any atom is -0.338 e. The fourth-order valence-electron chi connectivity index (χ4n) is 2.54. The number of hydrogen-bond donors (Lipinski definition) is 2. The molecule has 0 atom stereocenters. The van der Waals surface area contributed by atoms with Crippen molar-refractivity contribution < 1.29 is 4.79 Å². The predicted molar refractivity (Wildman–Crippen MR) is 83.0 cm³/mol. The fourth-order valence-corrected chi connectivity index (χ4v) is 2.54. The van der Waals surface area contributed by atoms with Gasteiger partial charge in [-0.05, 0) is 57.5 Å². The first-order valence-electron chi connectivity index (χ1n) is 7.67. The van der Waals surface area contributed by atoms with Crippen LogP contribution in [0.15, 0.2) is 30.3 Å². The van der Waals surface area contributed by atoms with Crippen LogP contribution in [0, 0.1) is 0 Å². The summed E-state index contributed by atoms with van der Waals surface area (Å²) in [7, 11) is 0. The van der Waals surface area contributed by atoms with E-state index in [2.05, 4.69) is 15.5 Å². The Balaban J connectivity index is 1.51. The SMILES string of the molecule is O=C(NCCCCN1CCCCC1)Nc1ccccc1. The van der Waals surface area contributed by atoms with Gasteiger partial charge in [0, 0.05) is 12.2 Å². The summed E-state index contributed by atoms with van der Waals surface area (Å²) in [5, 5.41) is 5.72. The maximum Gasteiger partial charge on any atom is 0.319 e. The molecule has 1 aromatic rings. The molecule has 1 fully saturated rings. The molecule has 2 N–H and O–H groups in total. The van der Waals surface area contributed by atoms with Crippen molar-refractivity contribution in [2.75, 3.05) is 31.5 Å². The van der Waals surface area contributed by atoms with Crippen LogP contribution in [0.25, 0.3) is 0 Å². The van der Waals surface area contributed by atoms with Crippen molar-refractivity contribution in [1.29, 1.82) is 0 Å². The molecule has 1 aliphatic rings. The molecule has 0 aromatic heterocycles. The third-order valence-corrected chi connectivity index (χ3v) is 3.67. The number of nitrogens with one attached hydrogen (secondary N) is 2. The Morgan fingerprint density at radius 1 is 1.05 bits per heavy atom. The Labute approximate surface area is 121 Å². The van der Waals surface area contributed by atoms with E-state index in [9.17, 15) is 4.79 Å². The summed E-state index contributed by atoms with van der Waals surface area (Å²) in [6.07, 6.45) is 6.28. The number of piperidine rings is 1. The highest BCUT2D eigenvalue weighted by Gasteiger charge is 2.08. The maximum atomic E-state index is 11.6. The lowest BCUT2D eigenvalue weighted by molar-refractivity contribution is 0.224. The van der Waals surface area contributed by atoms with E-state index in [-0.39, 0.29) is 6.03 Å². The number of carbonyl (C=O) groups is 1. The number of anilines is 1. The van der Waals surface area contributed by atoms with Crippen LogP contribution in [-0.4, -0.2) is 37.1 Å². The molecule has 20 heavy (non-hydrogen) atoms. The van der Waals surface area contributed by atoms with Crippen molar-refractivity contribution in [3.05, 3.63) is 30.3 Å². The van der Waals surface area contributed by atoms with Gasteiger partial charge in [0.25, 0.3) is 0 Å². The van der Waals surface area contributed by atoms with Crippen molar-refractivity contribution >= 4 is 11.7 Å². The number of amides is 2. The maximum absolute atomic E-state index is 11.6. The molecule has 1 saturated heterocycles. The zero-order valence-corrected chi connectivity index (χ0v) is 12.1. The molecular weight excluding hydrogens is 250 g/mol. The Morgan fingerprint density at radius 3 is 2.55 bits per heavy atom. The van der Waals surface area contributed by atoms with Gasteiger partial charge in [-0.3, -0.25) is 0 Å². The first-order valence-corrected chi connectivity index (χ1v) is 7.67. The second kappa shape index (κ2) is 8.59. The molecule has 0 aliphatic carbocycles. The quantitative estimate of drug-likeness (QED) is 0.784. The molecule has 0 bridgehead atoms. The molecule has 2 amide bonds. The summed E-state index contributed by atoms with van der Waals surface area (Å²) in [6.45, 7) is 4.42. The standard InChI is InChI=1S/C16H25N3O/c20-16(18-15-9-3-1-4-10-15)17-11-5-8-14-19-12-6-2-7-13-19/h1,3-4,9-10H,2,5-8,11-14H2,(H2,17,18,20). The molecule has 1 heterocycles. The van der Waals surface area contributed by atoms with E-state index in [0.29, 0.717) is 0 Å². The van der Waals surface area contributed by atoms with Crippen molar-refractivity contribution in [2.45, 2.75) is 32.1 Å². The molecule has 0 saturated carbocycles. The molecule has 0 radical (unpaired) electrons. The number of unbranched alkanes of at least 4 members (excludes halogenated alkanes) is 1. The van der Waals surface area contributed by atoms with E-state index in [1.165, 1.54) is 38.9 Å². The Bertz CT molecular complexity index is 388. The molecule has 0 spiro atoms. The number of para-hydroxylation sites is 1. The molecule has 1 aromatic carbocycles. The number of carbonyl (C=O) groups excluding carboxylic acids is 1. The second-order valence-corrected chi connectivity index (χ2v) is 5.36. The summed E-state index contributed by atoms with van der Waals surface area (Å²) < 4.78 is 0. The number of rotatable bonds is 6. The van der Waals surface area contributed by atoms with E-state index in [0.717, 1.165) is 25.1 Å². The molecule has 4 heteroatoms. The zero-order valence-electron chi connectivity index (χ0n) is 12.1. The average molecular weight is 275 g/mol. The van der Waals surface area contributed by atoms with Gasteiger partial charge in [0.15, 0.2) is 0 Å². The van der Waals surface area contributed by atoms with Gasteiger partial charge in [-0.25, -0.2) is 4.79 Å². The van der Waals surface area contributed by atoms with Gasteiger partial charge in [-0.2, -0.15) is 0 Å². The number of urea groups is 1. The summed E-state index contributed by atoms with van der Waals surface area (Å²) in [6, 6.07) is 9.41. The second-order valence-electron chi connectivity index (χ2n) is 5.36. The number of hydrogen-bond acceptors (Lipinski definition) is 2. The van der Waals surface area contributed by atoms with Crippen LogP contribution in [0.2, 0.25) is 0 Å². The average Bonchev–Trinajstić information content (AvgIpc) is 2.49. The van der Waals surface area contributed by atoms with Crippen LogP contribution in [0.4, 0.5) is 10.5 Å². The first-order chi connectivity index (χ1) is 9.84. The highest BCUT2D eigenvalue weighted by Crippen LogP contribution is 2.09. The smallest absolute Gasteiger partial charge is 0.319 e. The van der Waals surface area contributed by atoms with Gasteiger partial charge >= 0.3 is 6.03 Å². The molecule has 4 nitrogen and oxygen atoms in total. The summed E-state index contributed by atoms with van der Waals surface area (Å²) >= 11 is 0. The lowest BCUT2D eigenvalue weighted by atomic mass is 10.1. The minimum absolute atomic E-state index is 0.117. The van der Waals surface area contributed by atoms with Crippen LogP contribution in [0.5, 0.6) is 0 Å². The summed E-state index contributed by atoms with van der Waals surface area (Å²) in [5.74, 6) is 0. The van der Waals surface area contributed by atoms with E-state index < -0.39 is 0 Å². The number of benzene rings is 1. The van der Waals surface area contributed by atoms with Crippen molar-refractivity contribution in [3.8, 4) is 0 Å². The van der Waals surface area contributed by atoms with Crippen LogP contribution < -0.4 is 10.6 Å². The molecule has 1 aliphatic heterocycles. The minimum atomic E-state index is -0.117. The van der Waals surface area contributed by atoms with Crippen LogP contribution >= 0.6 is 0 Å². The third-order valence-electron chi connectivity index (χ3n) is 3.67. The summed E-state index contributed by atoms with van der Waals surface area (Å²) in [5.41, 5.74) is 0.832. The van der Waals surface area contributed by atoms with Gasteiger partial charge in [0.05, 0.1) is 0 Å². The molecule has 110 valence electrons. The molecule has 2 rings (SSSR count). The zero-order chi connectivity index (χ0) is 14.0. The van der Waals surface area contributed by atoms with Crippen molar-refractivity contribution in [1.82, 2.24) is 10.2 Å². The van der Waals surface area contributed by atoms with Crippen molar-refractivity contribution in [2.24, 2.45) is 0 Å². The number of likely N-dealkylation sites (tertiary alicyclic amines) is 1. The van der Waals surface area contributed by atoms with Crippen LogP contribution in [0.1, 0.15) is 32.1 Å². The summed E-state index contributed by atoms with van der Waals surface area (Å²) in [4.78, 5) is 14.2. The lowest BCUT2D eigenvalue weighted by Crippen LogP contribution is -2.32. The Morgan fingerprint density at radius 2 is 1.80 bits per heavy atom. The van der Waals surface area contributed by atoms with Gasteiger partial charge in [-0.15, -0.1) is 0 Å². The topological polar surface area (TPSA) is 44.4 Å². The fraction of sp³-hybridized carbons (Fsp3) is 0.562. The highest BCUT2D eigenvalue weighted by molar-refractivity contribution is 5.89. The molecular formula is C16H25N3O. The monoisotopic (exact) mass is 275 g/mol. The van der Waals surface area contributed by atoms with Crippen molar-refractivity contribution in [3.63, 3.8) is 0 Å². The van der Waals surface area contributed by atoms with Crippen LogP contribution in [0.3, 0.4) is 0 Å². The largest absolute Gasteiger partial charge is 0.338 e.